The molecule has 0 aliphatic carbocycles. The van der Waals surface area contributed by atoms with Crippen LogP contribution in [0.15, 0.2) is 0 Å². The average molecular weight is 244 g/mol. The lowest BCUT2D eigenvalue weighted by Gasteiger charge is -2.40. The molecule has 1 rings (SSSR count). The maximum Gasteiger partial charge on any atom is 0.0700 e. The summed E-state index contributed by atoms with van der Waals surface area (Å²) in [5.41, 5.74) is -0.218. The van der Waals surface area contributed by atoms with E-state index < -0.39 is 0 Å². The number of aliphatic hydroxyl groups is 1. The predicted molar refractivity (Wildman–Crippen MR) is 70.2 cm³/mol. The van der Waals surface area contributed by atoms with E-state index in [4.69, 9.17) is 4.74 Å². The van der Waals surface area contributed by atoms with Crippen LogP contribution in [0.2, 0.25) is 0 Å². The van der Waals surface area contributed by atoms with Gasteiger partial charge in [-0.15, -0.1) is 0 Å². The molecule has 1 fully saturated rings. The minimum absolute atomic E-state index is 0.166. The summed E-state index contributed by atoms with van der Waals surface area (Å²) in [5.74, 6) is 0. The van der Waals surface area contributed by atoms with E-state index in [0.29, 0.717) is 12.1 Å². The molecule has 1 heterocycles. The minimum atomic E-state index is -0.218. The van der Waals surface area contributed by atoms with Crippen LogP contribution in [0.1, 0.15) is 34.1 Å². The van der Waals surface area contributed by atoms with Crippen LogP contribution in [-0.2, 0) is 4.74 Å². The standard InChI is InChI=1S/C13H28N2O2/c1-5-12-8-15(6-7-17-12)9-13(4,10-16)14-11(2)3/h11-12,14,16H,5-10H2,1-4H3. The SMILES string of the molecule is CCC1CN(CC(C)(CO)NC(C)C)CCO1. The molecule has 4 heteroatoms. The van der Waals surface area contributed by atoms with Gasteiger partial charge < -0.3 is 15.2 Å². The molecule has 0 saturated carbocycles. The molecule has 0 aromatic heterocycles. The second-order valence-electron chi connectivity index (χ2n) is 5.65. The van der Waals surface area contributed by atoms with Crippen molar-refractivity contribution in [2.75, 3.05) is 32.8 Å². The second kappa shape index (κ2) is 6.69. The number of rotatable bonds is 6. The van der Waals surface area contributed by atoms with Crippen molar-refractivity contribution >= 4 is 0 Å². The Morgan fingerprint density at radius 1 is 1.53 bits per heavy atom. The van der Waals surface area contributed by atoms with Crippen LogP contribution in [-0.4, -0.2) is 60.5 Å². The first-order valence-electron chi connectivity index (χ1n) is 6.71. The smallest absolute Gasteiger partial charge is 0.0700 e. The first kappa shape index (κ1) is 14.9. The maximum absolute atomic E-state index is 9.57. The van der Waals surface area contributed by atoms with Crippen molar-refractivity contribution in [2.24, 2.45) is 0 Å². The van der Waals surface area contributed by atoms with E-state index in [2.05, 4.69) is 37.9 Å². The highest BCUT2D eigenvalue weighted by atomic mass is 16.5. The van der Waals surface area contributed by atoms with E-state index >= 15 is 0 Å². The van der Waals surface area contributed by atoms with Crippen LogP contribution in [0.25, 0.3) is 0 Å². The molecule has 2 unspecified atom stereocenters. The predicted octanol–water partition coefficient (Wildman–Crippen LogP) is 0.846. The average Bonchev–Trinajstić information content (AvgIpc) is 2.28. The van der Waals surface area contributed by atoms with Gasteiger partial charge >= 0.3 is 0 Å². The number of hydrogen-bond acceptors (Lipinski definition) is 4. The van der Waals surface area contributed by atoms with Gasteiger partial charge in [0.25, 0.3) is 0 Å². The molecular weight excluding hydrogens is 216 g/mol. The van der Waals surface area contributed by atoms with Gasteiger partial charge in [-0.1, -0.05) is 20.8 Å². The summed E-state index contributed by atoms with van der Waals surface area (Å²) in [7, 11) is 0. The van der Waals surface area contributed by atoms with E-state index in [0.717, 1.165) is 32.7 Å². The van der Waals surface area contributed by atoms with Gasteiger partial charge in [0.15, 0.2) is 0 Å². The summed E-state index contributed by atoms with van der Waals surface area (Å²) < 4.78 is 5.66. The molecule has 2 N–H and O–H groups in total. The normalized spacial score (nSPS) is 26.1. The summed E-state index contributed by atoms with van der Waals surface area (Å²) in [6.45, 7) is 12.3. The summed E-state index contributed by atoms with van der Waals surface area (Å²) in [6, 6.07) is 0.384. The minimum Gasteiger partial charge on any atom is -0.394 e. The zero-order chi connectivity index (χ0) is 12.9. The van der Waals surface area contributed by atoms with E-state index in [1.165, 1.54) is 0 Å². The fourth-order valence-corrected chi connectivity index (χ4v) is 2.50. The summed E-state index contributed by atoms with van der Waals surface area (Å²) in [5, 5.41) is 13.0. The third kappa shape index (κ3) is 4.92. The zero-order valence-corrected chi connectivity index (χ0v) is 11.7. The van der Waals surface area contributed by atoms with Crippen molar-refractivity contribution < 1.29 is 9.84 Å². The van der Waals surface area contributed by atoms with Gasteiger partial charge in [0.1, 0.15) is 0 Å². The second-order valence-corrected chi connectivity index (χ2v) is 5.65. The molecule has 4 nitrogen and oxygen atoms in total. The van der Waals surface area contributed by atoms with Gasteiger partial charge in [-0.25, -0.2) is 0 Å². The number of hydrogen-bond donors (Lipinski definition) is 2. The summed E-state index contributed by atoms with van der Waals surface area (Å²) in [6.07, 6.45) is 1.41. The molecule has 1 saturated heterocycles. The lowest BCUT2D eigenvalue weighted by atomic mass is 10.0. The molecule has 0 spiro atoms. The van der Waals surface area contributed by atoms with Crippen molar-refractivity contribution in [2.45, 2.75) is 51.8 Å². The number of morpholine rings is 1. The highest BCUT2D eigenvalue weighted by Gasteiger charge is 2.29. The Morgan fingerprint density at radius 2 is 2.24 bits per heavy atom. The number of nitrogens with zero attached hydrogens (tertiary/aromatic N) is 1. The van der Waals surface area contributed by atoms with Gasteiger partial charge in [0.2, 0.25) is 0 Å². The molecular formula is C13H28N2O2. The molecule has 1 aliphatic rings. The van der Waals surface area contributed by atoms with Crippen LogP contribution in [0.4, 0.5) is 0 Å². The molecule has 0 aromatic carbocycles. The van der Waals surface area contributed by atoms with Crippen molar-refractivity contribution in [1.29, 1.82) is 0 Å². The zero-order valence-electron chi connectivity index (χ0n) is 11.7. The Bertz CT molecular complexity index is 223. The molecule has 102 valence electrons. The third-order valence-electron chi connectivity index (χ3n) is 3.24. The van der Waals surface area contributed by atoms with E-state index in [-0.39, 0.29) is 12.1 Å². The van der Waals surface area contributed by atoms with Crippen LogP contribution in [0, 0.1) is 0 Å². The molecule has 0 radical (unpaired) electrons. The van der Waals surface area contributed by atoms with Crippen LogP contribution >= 0.6 is 0 Å². The first-order valence-corrected chi connectivity index (χ1v) is 6.71. The van der Waals surface area contributed by atoms with Gasteiger partial charge in [-0.2, -0.15) is 0 Å². The van der Waals surface area contributed by atoms with Crippen molar-refractivity contribution in [1.82, 2.24) is 10.2 Å². The number of nitrogens with one attached hydrogen (secondary N) is 1. The van der Waals surface area contributed by atoms with Gasteiger partial charge in [0.05, 0.1) is 24.9 Å². The topological polar surface area (TPSA) is 44.7 Å². The summed E-state index contributed by atoms with van der Waals surface area (Å²) >= 11 is 0. The Morgan fingerprint density at radius 3 is 2.76 bits per heavy atom. The molecule has 0 bridgehead atoms. The fourth-order valence-electron chi connectivity index (χ4n) is 2.50. The maximum atomic E-state index is 9.57. The van der Waals surface area contributed by atoms with Crippen LogP contribution < -0.4 is 5.32 Å². The molecule has 2 atom stereocenters. The first-order chi connectivity index (χ1) is 7.99. The Balaban J connectivity index is 2.49. The Hall–Kier alpha value is -0.160. The molecule has 0 aromatic rings. The highest BCUT2D eigenvalue weighted by molar-refractivity contribution is 4.88. The quantitative estimate of drug-likeness (QED) is 0.727. The van der Waals surface area contributed by atoms with Gasteiger partial charge in [-0.3, -0.25) is 4.90 Å². The Kier molecular flexibility index (Phi) is 5.86. The lowest BCUT2D eigenvalue weighted by molar-refractivity contribution is -0.0408. The van der Waals surface area contributed by atoms with Crippen LogP contribution in [0.3, 0.4) is 0 Å². The van der Waals surface area contributed by atoms with Crippen LogP contribution in [0.5, 0.6) is 0 Å². The highest BCUT2D eigenvalue weighted by Crippen LogP contribution is 2.13. The van der Waals surface area contributed by atoms with E-state index in [1.54, 1.807) is 0 Å². The van der Waals surface area contributed by atoms with Gasteiger partial charge in [0, 0.05) is 25.7 Å². The number of aliphatic hydroxyl groups excluding tert-OH is 1. The fraction of sp³-hybridized carbons (Fsp3) is 1.00. The molecule has 1 aliphatic heterocycles. The van der Waals surface area contributed by atoms with Crippen molar-refractivity contribution in [3.63, 3.8) is 0 Å². The Labute approximate surface area is 105 Å². The van der Waals surface area contributed by atoms with Gasteiger partial charge in [-0.05, 0) is 13.3 Å². The molecule has 0 amide bonds. The van der Waals surface area contributed by atoms with Crippen molar-refractivity contribution in [3.05, 3.63) is 0 Å². The number of ether oxygens (including phenoxy) is 1. The van der Waals surface area contributed by atoms with Crippen molar-refractivity contribution in [3.8, 4) is 0 Å². The molecule has 17 heavy (non-hydrogen) atoms. The largest absolute Gasteiger partial charge is 0.394 e. The van der Waals surface area contributed by atoms with E-state index in [1.807, 2.05) is 0 Å². The summed E-state index contributed by atoms with van der Waals surface area (Å²) in [4.78, 5) is 2.39. The lowest BCUT2D eigenvalue weighted by Crippen LogP contribution is -2.58. The van der Waals surface area contributed by atoms with E-state index in [9.17, 15) is 5.11 Å². The third-order valence-corrected chi connectivity index (χ3v) is 3.24. The monoisotopic (exact) mass is 244 g/mol.